The Morgan fingerprint density at radius 1 is 0.514 bits per heavy atom. The van der Waals surface area contributed by atoms with E-state index in [1.54, 1.807) is 24.3 Å². The molecule has 2 aromatic carbocycles. The summed E-state index contributed by atoms with van der Waals surface area (Å²) in [4.78, 5) is 24.7. The minimum absolute atomic E-state index is 0. The summed E-state index contributed by atoms with van der Waals surface area (Å²) in [7, 11) is 0. The van der Waals surface area contributed by atoms with Crippen molar-refractivity contribution in [2.75, 3.05) is 13.2 Å². The summed E-state index contributed by atoms with van der Waals surface area (Å²) in [6.07, 6.45) is 13.6. The number of unbranched alkanes of at least 4 members (excludes halogenated alkanes) is 10. The molecule has 0 heterocycles. The first-order chi connectivity index (χ1) is 16.7. The fourth-order valence-corrected chi connectivity index (χ4v) is 3.47. The van der Waals surface area contributed by atoms with Gasteiger partial charge in [-0.25, -0.2) is 9.59 Å². The molecule has 0 atom stereocenters. The van der Waals surface area contributed by atoms with Gasteiger partial charge in [0.05, 0.1) is 24.3 Å². The van der Waals surface area contributed by atoms with Crippen LogP contribution in [0, 0.1) is 0 Å². The molecule has 0 aliphatic heterocycles. The Labute approximate surface area is 219 Å². The number of esters is 2. The predicted octanol–water partition coefficient (Wildman–Crippen LogP) is 8.83. The summed E-state index contributed by atoms with van der Waals surface area (Å²) in [5.74, 6) is -0.888. The molecule has 0 saturated heterocycles. The lowest BCUT2D eigenvalue weighted by atomic mass is 10.1. The molecular formula is C30H45ClO4. The first-order valence-electron chi connectivity index (χ1n) is 13.1. The SMILES string of the molecule is CCCCCCCCOC(=O)c1ccccc1C(=O)OCCCCCCCC.Cl.c1ccccc1. The Hall–Kier alpha value is -2.33. The number of carbonyl (C=O) groups is 2. The minimum atomic E-state index is -0.444. The smallest absolute Gasteiger partial charge is 0.339 e. The van der Waals surface area contributed by atoms with Crippen LogP contribution in [0.4, 0.5) is 0 Å². The van der Waals surface area contributed by atoms with E-state index in [4.69, 9.17) is 9.47 Å². The van der Waals surface area contributed by atoms with Crippen LogP contribution < -0.4 is 0 Å². The van der Waals surface area contributed by atoms with Crippen molar-refractivity contribution in [3.63, 3.8) is 0 Å². The number of rotatable bonds is 16. The lowest BCUT2D eigenvalue weighted by Crippen LogP contribution is -2.15. The fourth-order valence-electron chi connectivity index (χ4n) is 3.47. The van der Waals surface area contributed by atoms with Crippen LogP contribution >= 0.6 is 12.4 Å². The number of hydrogen-bond acceptors (Lipinski definition) is 4. The van der Waals surface area contributed by atoms with Gasteiger partial charge in [0.2, 0.25) is 0 Å². The van der Waals surface area contributed by atoms with Crippen LogP contribution in [0.15, 0.2) is 60.7 Å². The maximum Gasteiger partial charge on any atom is 0.339 e. The average molecular weight is 505 g/mol. The first-order valence-corrected chi connectivity index (χ1v) is 13.1. The molecule has 2 aromatic rings. The normalized spacial score (nSPS) is 9.89. The zero-order chi connectivity index (χ0) is 24.7. The highest BCUT2D eigenvalue weighted by Gasteiger charge is 2.18. The monoisotopic (exact) mass is 504 g/mol. The van der Waals surface area contributed by atoms with E-state index in [0.717, 1.165) is 25.7 Å². The van der Waals surface area contributed by atoms with Gasteiger partial charge >= 0.3 is 11.9 Å². The molecule has 0 aliphatic rings. The standard InChI is InChI=1S/C24H38O4.C6H6.ClH/c1-3-5-7-9-11-15-19-27-23(25)21-17-13-14-18-22(21)24(26)28-20-16-12-10-8-6-4-2;1-2-4-6-5-3-1;/h13-14,17-18H,3-12,15-16,19-20H2,1-2H3;1-6H;1H. The molecule has 0 N–H and O–H groups in total. The molecule has 0 aromatic heterocycles. The molecule has 0 saturated carbocycles. The quantitative estimate of drug-likeness (QED) is 0.169. The molecule has 0 aliphatic carbocycles. The molecule has 0 bridgehead atoms. The highest BCUT2D eigenvalue weighted by molar-refractivity contribution is 6.03. The van der Waals surface area contributed by atoms with Crippen molar-refractivity contribution in [2.45, 2.75) is 90.9 Å². The summed E-state index contributed by atoms with van der Waals surface area (Å²) in [5, 5.41) is 0. The van der Waals surface area contributed by atoms with Crippen LogP contribution in [0.25, 0.3) is 0 Å². The number of benzene rings is 2. The Kier molecular flexibility index (Phi) is 21.9. The summed E-state index contributed by atoms with van der Waals surface area (Å²) in [6, 6.07) is 18.7. The molecule has 4 nitrogen and oxygen atoms in total. The third-order valence-electron chi connectivity index (χ3n) is 5.50. The second-order valence-corrected chi connectivity index (χ2v) is 8.51. The molecule has 0 amide bonds. The maximum absolute atomic E-state index is 12.4. The highest BCUT2D eigenvalue weighted by Crippen LogP contribution is 2.14. The van der Waals surface area contributed by atoms with Gasteiger partial charge in [-0.2, -0.15) is 0 Å². The molecule has 0 radical (unpaired) electrons. The van der Waals surface area contributed by atoms with E-state index < -0.39 is 11.9 Å². The second-order valence-electron chi connectivity index (χ2n) is 8.51. The molecule has 5 heteroatoms. The maximum atomic E-state index is 12.4. The number of halogens is 1. The van der Waals surface area contributed by atoms with Gasteiger partial charge in [-0.05, 0) is 25.0 Å². The van der Waals surface area contributed by atoms with Crippen molar-refractivity contribution in [2.24, 2.45) is 0 Å². The van der Waals surface area contributed by atoms with E-state index in [1.807, 2.05) is 36.4 Å². The summed E-state index contributed by atoms with van der Waals surface area (Å²) in [5.41, 5.74) is 0.586. The van der Waals surface area contributed by atoms with Crippen LogP contribution in [0.2, 0.25) is 0 Å². The van der Waals surface area contributed by atoms with E-state index in [-0.39, 0.29) is 12.4 Å². The second kappa shape index (κ2) is 23.4. The van der Waals surface area contributed by atoms with Crippen LogP contribution in [0.1, 0.15) is 112 Å². The van der Waals surface area contributed by atoms with Crippen molar-refractivity contribution in [1.29, 1.82) is 0 Å². The molecule has 196 valence electrons. The Balaban J connectivity index is 0.00000143. The van der Waals surface area contributed by atoms with Crippen molar-refractivity contribution in [3.05, 3.63) is 71.8 Å². The molecule has 0 unspecified atom stereocenters. The summed E-state index contributed by atoms with van der Waals surface area (Å²) < 4.78 is 10.7. The highest BCUT2D eigenvalue weighted by atomic mass is 35.5. The zero-order valence-corrected chi connectivity index (χ0v) is 22.5. The molecule has 35 heavy (non-hydrogen) atoms. The molecular weight excluding hydrogens is 460 g/mol. The average Bonchev–Trinajstić information content (AvgIpc) is 2.88. The first kappa shape index (κ1) is 32.7. The van der Waals surface area contributed by atoms with Gasteiger partial charge in [0.1, 0.15) is 0 Å². The van der Waals surface area contributed by atoms with Crippen molar-refractivity contribution >= 4 is 24.3 Å². The number of ether oxygens (including phenoxy) is 2. The number of hydrogen-bond donors (Lipinski definition) is 0. The predicted molar refractivity (Wildman–Crippen MR) is 147 cm³/mol. The van der Waals surface area contributed by atoms with Crippen LogP contribution in [0.5, 0.6) is 0 Å². The zero-order valence-electron chi connectivity index (χ0n) is 21.7. The van der Waals surface area contributed by atoms with Gasteiger partial charge in [0.15, 0.2) is 0 Å². The summed E-state index contributed by atoms with van der Waals surface area (Å²) in [6.45, 7) is 5.17. The van der Waals surface area contributed by atoms with Gasteiger partial charge in [-0.3, -0.25) is 0 Å². The largest absolute Gasteiger partial charge is 0.462 e. The molecule has 2 rings (SSSR count). The fraction of sp³-hybridized carbons (Fsp3) is 0.533. The van der Waals surface area contributed by atoms with Gasteiger partial charge < -0.3 is 9.47 Å². The lowest BCUT2D eigenvalue weighted by Gasteiger charge is -2.10. The van der Waals surface area contributed by atoms with Gasteiger partial charge in [0, 0.05) is 0 Å². The minimum Gasteiger partial charge on any atom is -0.462 e. The molecule has 0 fully saturated rings. The van der Waals surface area contributed by atoms with Crippen molar-refractivity contribution in [3.8, 4) is 0 Å². The van der Waals surface area contributed by atoms with E-state index in [1.165, 1.54) is 51.4 Å². The Morgan fingerprint density at radius 3 is 1.17 bits per heavy atom. The van der Waals surface area contributed by atoms with Crippen LogP contribution in [-0.2, 0) is 9.47 Å². The molecule has 0 spiro atoms. The Bertz CT molecular complexity index is 688. The van der Waals surface area contributed by atoms with Gasteiger partial charge in [0.25, 0.3) is 0 Å². The summed E-state index contributed by atoms with van der Waals surface area (Å²) >= 11 is 0. The van der Waals surface area contributed by atoms with E-state index in [0.29, 0.717) is 24.3 Å². The topological polar surface area (TPSA) is 52.6 Å². The van der Waals surface area contributed by atoms with E-state index >= 15 is 0 Å². The van der Waals surface area contributed by atoms with Gasteiger partial charge in [-0.1, -0.05) is 127 Å². The number of carbonyl (C=O) groups excluding carboxylic acids is 2. The van der Waals surface area contributed by atoms with Crippen molar-refractivity contribution in [1.82, 2.24) is 0 Å². The van der Waals surface area contributed by atoms with Crippen LogP contribution in [0.3, 0.4) is 0 Å². The lowest BCUT2D eigenvalue weighted by molar-refractivity contribution is 0.0450. The van der Waals surface area contributed by atoms with Gasteiger partial charge in [-0.15, -0.1) is 12.4 Å². The third kappa shape index (κ3) is 16.9. The van der Waals surface area contributed by atoms with Crippen molar-refractivity contribution < 1.29 is 19.1 Å². The Morgan fingerprint density at radius 2 is 0.829 bits per heavy atom. The van der Waals surface area contributed by atoms with E-state index in [9.17, 15) is 9.59 Å². The van der Waals surface area contributed by atoms with Crippen LogP contribution in [-0.4, -0.2) is 25.2 Å². The third-order valence-corrected chi connectivity index (χ3v) is 5.50. The van der Waals surface area contributed by atoms with E-state index in [2.05, 4.69) is 13.8 Å².